The molecule has 0 aliphatic carbocycles. The maximum Gasteiger partial charge on any atom is 0.304 e. The SMILES string of the molecule is O=C(O)CCNS(=O)(=O)c1ccc(N2CCCS2(=O)=O)cc1. The van der Waals surface area contributed by atoms with E-state index in [4.69, 9.17) is 5.11 Å². The molecule has 10 heteroatoms. The van der Waals surface area contributed by atoms with Crippen molar-refractivity contribution in [2.75, 3.05) is 23.1 Å². The van der Waals surface area contributed by atoms with Crippen molar-refractivity contribution in [2.45, 2.75) is 17.7 Å². The van der Waals surface area contributed by atoms with Gasteiger partial charge in [-0.15, -0.1) is 0 Å². The highest BCUT2D eigenvalue weighted by molar-refractivity contribution is 7.93. The van der Waals surface area contributed by atoms with Crippen molar-refractivity contribution >= 4 is 31.7 Å². The number of hydrogen-bond donors (Lipinski definition) is 2. The monoisotopic (exact) mass is 348 g/mol. The van der Waals surface area contributed by atoms with Crippen molar-refractivity contribution in [3.05, 3.63) is 24.3 Å². The van der Waals surface area contributed by atoms with Gasteiger partial charge in [0.25, 0.3) is 0 Å². The Hall–Kier alpha value is -1.65. The third-order valence-corrected chi connectivity index (χ3v) is 6.51. The number of nitrogens with one attached hydrogen (secondary N) is 1. The molecule has 0 aromatic heterocycles. The fourth-order valence-corrected chi connectivity index (χ4v) is 4.69. The number of carboxylic acid groups (broad SMARTS) is 1. The standard InChI is InChI=1S/C12H16N2O6S2/c15-12(16)6-7-13-22(19,20)11-4-2-10(3-5-11)14-8-1-9-21(14,17)18/h2-5,13H,1,6-9H2,(H,15,16). The van der Waals surface area contributed by atoms with Crippen LogP contribution >= 0.6 is 0 Å². The second-order valence-electron chi connectivity index (χ2n) is 4.78. The van der Waals surface area contributed by atoms with Crippen LogP contribution in [-0.4, -0.2) is 46.8 Å². The fraction of sp³-hybridized carbons (Fsp3) is 0.417. The summed E-state index contributed by atoms with van der Waals surface area (Å²) < 4.78 is 50.9. The largest absolute Gasteiger partial charge is 0.481 e. The molecular weight excluding hydrogens is 332 g/mol. The number of rotatable bonds is 6. The zero-order chi connectivity index (χ0) is 16.4. The van der Waals surface area contributed by atoms with Crippen LogP contribution in [0.15, 0.2) is 29.2 Å². The molecule has 0 amide bonds. The molecule has 1 aromatic carbocycles. The summed E-state index contributed by atoms with van der Waals surface area (Å²) >= 11 is 0. The van der Waals surface area contributed by atoms with Gasteiger partial charge in [-0.2, -0.15) is 0 Å². The average molecular weight is 348 g/mol. The number of carbonyl (C=O) groups is 1. The van der Waals surface area contributed by atoms with Crippen molar-refractivity contribution in [2.24, 2.45) is 0 Å². The summed E-state index contributed by atoms with van der Waals surface area (Å²) in [7, 11) is -7.12. The molecule has 0 saturated carbocycles. The molecule has 1 fully saturated rings. The zero-order valence-corrected chi connectivity index (χ0v) is 13.2. The molecule has 1 aliphatic rings. The van der Waals surface area contributed by atoms with Gasteiger partial charge in [-0.3, -0.25) is 9.10 Å². The Balaban J connectivity index is 2.13. The summed E-state index contributed by atoms with van der Waals surface area (Å²) in [5, 5.41) is 8.49. The van der Waals surface area contributed by atoms with Crippen molar-refractivity contribution in [1.82, 2.24) is 4.72 Å². The quantitative estimate of drug-likeness (QED) is 0.745. The smallest absolute Gasteiger partial charge is 0.304 e. The second-order valence-corrected chi connectivity index (χ2v) is 8.56. The molecule has 0 bridgehead atoms. The molecule has 122 valence electrons. The number of nitrogens with zero attached hydrogens (tertiary/aromatic N) is 1. The molecule has 1 heterocycles. The van der Waals surface area contributed by atoms with E-state index in [-0.39, 0.29) is 23.6 Å². The molecule has 1 aliphatic heterocycles. The lowest BCUT2D eigenvalue weighted by molar-refractivity contribution is -0.136. The zero-order valence-electron chi connectivity index (χ0n) is 11.6. The lowest BCUT2D eigenvalue weighted by Crippen LogP contribution is -2.27. The Morgan fingerprint density at radius 1 is 1.27 bits per heavy atom. The summed E-state index contributed by atoms with van der Waals surface area (Å²) in [5.74, 6) is -1.01. The minimum Gasteiger partial charge on any atom is -0.481 e. The molecule has 22 heavy (non-hydrogen) atoms. The number of benzene rings is 1. The van der Waals surface area contributed by atoms with Crippen LogP contribution in [0.1, 0.15) is 12.8 Å². The van der Waals surface area contributed by atoms with Crippen molar-refractivity contribution in [1.29, 1.82) is 0 Å². The Morgan fingerprint density at radius 2 is 1.91 bits per heavy atom. The first-order valence-electron chi connectivity index (χ1n) is 6.54. The van der Waals surface area contributed by atoms with Crippen molar-refractivity contribution in [3.63, 3.8) is 0 Å². The normalized spacial score (nSPS) is 17.5. The summed E-state index contributed by atoms with van der Waals surface area (Å²) in [4.78, 5) is 10.3. The van der Waals surface area contributed by atoms with Gasteiger partial charge in [0.2, 0.25) is 20.0 Å². The van der Waals surface area contributed by atoms with Crippen LogP contribution in [0.2, 0.25) is 0 Å². The summed E-state index contributed by atoms with van der Waals surface area (Å²) in [6.07, 6.45) is 0.225. The van der Waals surface area contributed by atoms with Crippen LogP contribution in [0.4, 0.5) is 5.69 Å². The van der Waals surface area contributed by atoms with Crippen molar-refractivity contribution < 1.29 is 26.7 Å². The Morgan fingerprint density at radius 3 is 2.41 bits per heavy atom. The van der Waals surface area contributed by atoms with Crippen LogP contribution in [0.3, 0.4) is 0 Å². The maximum absolute atomic E-state index is 11.9. The summed E-state index contributed by atoms with van der Waals surface area (Å²) in [5.41, 5.74) is 0.419. The molecular formula is C12H16N2O6S2. The molecule has 2 rings (SSSR count). The Bertz CT molecular complexity index is 755. The third-order valence-electron chi connectivity index (χ3n) is 3.17. The van der Waals surface area contributed by atoms with E-state index in [9.17, 15) is 21.6 Å². The summed E-state index contributed by atoms with van der Waals surface area (Å²) in [6, 6.07) is 5.45. The number of sulfonamides is 2. The topological polar surface area (TPSA) is 121 Å². The molecule has 2 N–H and O–H groups in total. The van der Waals surface area contributed by atoms with Crippen LogP contribution in [-0.2, 0) is 24.8 Å². The number of anilines is 1. The number of aliphatic carboxylic acids is 1. The van der Waals surface area contributed by atoms with Gasteiger partial charge in [-0.1, -0.05) is 0 Å². The molecule has 0 atom stereocenters. The van der Waals surface area contributed by atoms with E-state index >= 15 is 0 Å². The van der Waals surface area contributed by atoms with Gasteiger partial charge in [0.15, 0.2) is 0 Å². The Labute approximate surface area is 128 Å². The van der Waals surface area contributed by atoms with Gasteiger partial charge >= 0.3 is 5.97 Å². The van der Waals surface area contributed by atoms with Gasteiger partial charge in [0.1, 0.15) is 0 Å². The molecule has 1 aromatic rings. The summed E-state index contributed by atoms with van der Waals surface area (Å²) in [6.45, 7) is 0.172. The lowest BCUT2D eigenvalue weighted by Gasteiger charge is -2.17. The first kappa shape index (κ1) is 16.7. The lowest BCUT2D eigenvalue weighted by atomic mass is 10.3. The van der Waals surface area contributed by atoms with Crippen LogP contribution in [0.25, 0.3) is 0 Å². The van der Waals surface area contributed by atoms with E-state index in [1.807, 2.05) is 0 Å². The highest BCUT2D eigenvalue weighted by Crippen LogP contribution is 2.25. The van der Waals surface area contributed by atoms with Gasteiger partial charge in [0, 0.05) is 13.1 Å². The molecule has 0 radical (unpaired) electrons. The second kappa shape index (κ2) is 6.23. The van der Waals surface area contributed by atoms with Gasteiger partial charge in [-0.05, 0) is 30.7 Å². The predicted molar refractivity (Wildman–Crippen MR) is 79.6 cm³/mol. The van der Waals surface area contributed by atoms with Gasteiger partial charge in [-0.25, -0.2) is 21.6 Å². The van der Waals surface area contributed by atoms with E-state index in [1.165, 1.54) is 28.6 Å². The molecule has 8 nitrogen and oxygen atoms in total. The van der Waals surface area contributed by atoms with Gasteiger partial charge in [0.05, 0.1) is 22.8 Å². The highest BCUT2D eigenvalue weighted by Gasteiger charge is 2.28. The minimum absolute atomic E-state index is 0.0433. The van der Waals surface area contributed by atoms with Crippen LogP contribution < -0.4 is 9.03 Å². The average Bonchev–Trinajstić information content (AvgIpc) is 2.78. The van der Waals surface area contributed by atoms with E-state index in [1.54, 1.807) is 0 Å². The van der Waals surface area contributed by atoms with E-state index in [2.05, 4.69) is 4.72 Å². The molecule has 0 unspecified atom stereocenters. The number of hydrogen-bond acceptors (Lipinski definition) is 5. The first-order valence-corrected chi connectivity index (χ1v) is 9.63. The van der Waals surface area contributed by atoms with Crippen molar-refractivity contribution in [3.8, 4) is 0 Å². The van der Waals surface area contributed by atoms with E-state index in [0.29, 0.717) is 18.7 Å². The number of carboxylic acids is 1. The highest BCUT2D eigenvalue weighted by atomic mass is 32.2. The third kappa shape index (κ3) is 3.76. The first-order chi connectivity index (χ1) is 10.2. The van der Waals surface area contributed by atoms with E-state index < -0.39 is 26.0 Å². The molecule has 0 spiro atoms. The van der Waals surface area contributed by atoms with Gasteiger partial charge < -0.3 is 5.11 Å². The van der Waals surface area contributed by atoms with Crippen LogP contribution in [0.5, 0.6) is 0 Å². The van der Waals surface area contributed by atoms with E-state index in [0.717, 1.165) is 0 Å². The minimum atomic E-state index is -3.81. The Kier molecular flexibility index (Phi) is 4.73. The fourth-order valence-electron chi connectivity index (χ4n) is 2.10. The predicted octanol–water partition coefficient (Wildman–Crippen LogP) is -0.0205. The maximum atomic E-state index is 11.9. The van der Waals surface area contributed by atoms with Crippen LogP contribution in [0, 0.1) is 0 Å². The molecule has 1 saturated heterocycles.